The van der Waals surface area contributed by atoms with Gasteiger partial charge in [0.25, 0.3) is 0 Å². The monoisotopic (exact) mass is 282 g/mol. The maximum atomic E-state index is 12.0. The quantitative estimate of drug-likeness (QED) is 0.723. The summed E-state index contributed by atoms with van der Waals surface area (Å²) in [5, 5.41) is 5.73. The van der Waals surface area contributed by atoms with E-state index in [1.165, 1.54) is 0 Å². The largest absolute Gasteiger partial charge is 0.464 e. The van der Waals surface area contributed by atoms with E-state index in [9.17, 15) is 4.79 Å². The maximum Gasteiger partial charge on any atom is 0.323 e. The lowest BCUT2D eigenvalue weighted by molar-refractivity contribution is -0.122. The predicted molar refractivity (Wildman–Crippen MR) is 76.4 cm³/mol. The highest BCUT2D eigenvalue weighted by atomic mass is 16.5. The van der Waals surface area contributed by atoms with Crippen LogP contribution in [0.3, 0.4) is 0 Å². The third-order valence-electron chi connectivity index (χ3n) is 2.14. The number of hydrogen-bond donors (Lipinski definition) is 3. The second-order valence-electron chi connectivity index (χ2n) is 5.34. The molecule has 1 aromatic rings. The van der Waals surface area contributed by atoms with Gasteiger partial charge in [-0.2, -0.15) is 15.0 Å². The lowest BCUT2D eigenvalue weighted by atomic mass is 10.1. The Kier molecular flexibility index (Phi) is 5.06. The van der Waals surface area contributed by atoms with Crippen LogP contribution in [0.15, 0.2) is 0 Å². The number of aromatic nitrogens is 3. The molecule has 0 saturated heterocycles. The van der Waals surface area contributed by atoms with Crippen LogP contribution in [-0.4, -0.2) is 39.0 Å². The van der Waals surface area contributed by atoms with Crippen molar-refractivity contribution in [2.45, 2.75) is 46.2 Å². The molecule has 112 valence electrons. The molecular weight excluding hydrogens is 260 g/mol. The van der Waals surface area contributed by atoms with E-state index in [0.29, 0.717) is 6.61 Å². The molecule has 1 rings (SSSR count). The van der Waals surface area contributed by atoms with Crippen molar-refractivity contribution in [3.05, 3.63) is 0 Å². The Hall–Kier alpha value is -2.12. The molecule has 0 aromatic carbocycles. The van der Waals surface area contributed by atoms with Crippen LogP contribution in [0, 0.1) is 0 Å². The summed E-state index contributed by atoms with van der Waals surface area (Å²) in [6.45, 7) is 9.67. The first-order chi connectivity index (χ1) is 9.21. The Morgan fingerprint density at radius 1 is 1.35 bits per heavy atom. The first-order valence-corrected chi connectivity index (χ1v) is 6.44. The number of rotatable bonds is 5. The van der Waals surface area contributed by atoms with Crippen LogP contribution in [0.5, 0.6) is 6.01 Å². The van der Waals surface area contributed by atoms with Crippen LogP contribution in [-0.2, 0) is 4.79 Å². The van der Waals surface area contributed by atoms with Crippen molar-refractivity contribution >= 4 is 17.8 Å². The molecule has 0 aliphatic heterocycles. The van der Waals surface area contributed by atoms with Crippen LogP contribution in [0.1, 0.15) is 34.6 Å². The minimum atomic E-state index is -0.509. The standard InChI is InChI=1S/C12H22N6O2/c1-6-20-11-16-9(13)15-10(17-11)14-7(2)8(19)18-12(3,4)5/h7H,6H2,1-5H3,(H,18,19)(H3,13,14,15,16,17). The van der Waals surface area contributed by atoms with Gasteiger partial charge in [-0.05, 0) is 34.6 Å². The van der Waals surface area contributed by atoms with Crippen LogP contribution < -0.4 is 21.1 Å². The van der Waals surface area contributed by atoms with Crippen LogP contribution >= 0.6 is 0 Å². The van der Waals surface area contributed by atoms with E-state index in [0.717, 1.165) is 0 Å². The molecule has 0 aliphatic carbocycles. The first kappa shape index (κ1) is 15.9. The molecule has 0 fully saturated rings. The van der Waals surface area contributed by atoms with Crippen molar-refractivity contribution in [2.75, 3.05) is 17.7 Å². The third kappa shape index (κ3) is 5.25. The normalized spacial score (nSPS) is 12.7. The molecule has 0 radical (unpaired) electrons. The summed E-state index contributed by atoms with van der Waals surface area (Å²) in [7, 11) is 0. The number of anilines is 2. The molecule has 20 heavy (non-hydrogen) atoms. The van der Waals surface area contributed by atoms with Gasteiger partial charge in [-0.15, -0.1) is 0 Å². The Morgan fingerprint density at radius 2 is 2.00 bits per heavy atom. The fourth-order valence-corrected chi connectivity index (χ4v) is 1.37. The van der Waals surface area contributed by atoms with E-state index in [-0.39, 0.29) is 29.4 Å². The second-order valence-corrected chi connectivity index (χ2v) is 5.34. The van der Waals surface area contributed by atoms with E-state index in [4.69, 9.17) is 10.5 Å². The van der Waals surface area contributed by atoms with Gasteiger partial charge in [0.2, 0.25) is 17.8 Å². The molecule has 1 heterocycles. The number of nitrogen functional groups attached to an aromatic ring is 1. The third-order valence-corrected chi connectivity index (χ3v) is 2.14. The van der Waals surface area contributed by atoms with Gasteiger partial charge >= 0.3 is 6.01 Å². The molecule has 1 amide bonds. The molecular formula is C12H22N6O2. The number of carbonyl (C=O) groups excluding carboxylic acids is 1. The molecule has 1 aromatic heterocycles. The molecule has 1 atom stereocenters. The summed E-state index contributed by atoms with van der Waals surface area (Å²) < 4.78 is 5.17. The van der Waals surface area contributed by atoms with Gasteiger partial charge in [0.1, 0.15) is 6.04 Å². The summed E-state index contributed by atoms with van der Waals surface area (Å²) >= 11 is 0. The van der Waals surface area contributed by atoms with Gasteiger partial charge in [0, 0.05) is 5.54 Å². The van der Waals surface area contributed by atoms with Crippen molar-refractivity contribution in [1.29, 1.82) is 0 Å². The fraction of sp³-hybridized carbons (Fsp3) is 0.667. The molecule has 0 bridgehead atoms. The SMILES string of the molecule is CCOc1nc(N)nc(NC(C)C(=O)NC(C)(C)C)n1. The topological polar surface area (TPSA) is 115 Å². The van der Waals surface area contributed by atoms with Crippen molar-refractivity contribution in [3.8, 4) is 6.01 Å². The van der Waals surface area contributed by atoms with Gasteiger partial charge in [-0.3, -0.25) is 4.79 Å². The Labute approximate surface area is 118 Å². The molecule has 1 unspecified atom stereocenters. The van der Waals surface area contributed by atoms with Gasteiger partial charge < -0.3 is 21.1 Å². The Morgan fingerprint density at radius 3 is 2.55 bits per heavy atom. The zero-order valence-electron chi connectivity index (χ0n) is 12.5. The van der Waals surface area contributed by atoms with E-state index < -0.39 is 6.04 Å². The summed E-state index contributed by atoms with van der Waals surface area (Å²) in [6.07, 6.45) is 0. The van der Waals surface area contributed by atoms with Crippen molar-refractivity contribution < 1.29 is 9.53 Å². The van der Waals surface area contributed by atoms with Gasteiger partial charge in [0.05, 0.1) is 6.61 Å². The molecule has 0 aliphatic rings. The van der Waals surface area contributed by atoms with Crippen molar-refractivity contribution in [1.82, 2.24) is 20.3 Å². The summed E-state index contributed by atoms with van der Waals surface area (Å²) in [5.41, 5.74) is 5.26. The predicted octanol–water partition coefficient (Wildman–Crippen LogP) is 0.568. The zero-order chi connectivity index (χ0) is 15.3. The summed E-state index contributed by atoms with van der Waals surface area (Å²) in [6, 6.07) is -0.378. The maximum absolute atomic E-state index is 12.0. The lowest BCUT2D eigenvalue weighted by Crippen LogP contribution is -2.47. The number of nitrogens with zero attached hydrogens (tertiary/aromatic N) is 3. The van der Waals surface area contributed by atoms with E-state index in [1.807, 2.05) is 27.7 Å². The number of amides is 1. The average Bonchev–Trinajstić information content (AvgIpc) is 2.26. The molecule has 8 nitrogen and oxygen atoms in total. The van der Waals surface area contributed by atoms with E-state index >= 15 is 0 Å². The van der Waals surface area contributed by atoms with Crippen LogP contribution in [0.25, 0.3) is 0 Å². The zero-order valence-corrected chi connectivity index (χ0v) is 12.5. The number of ether oxygens (including phenoxy) is 1. The lowest BCUT2D eigenvalue weighted by Gasteiger charge is -2.23. The van der Waals surface area contributed by atoms with Crippen LogP contribution in [0.4, 0.5) is 11.9 Å². The van der Waals surface area contributed by atoms with Crippen LogP contribution in [0.2, 0.25) is 0 Å². The Balaban J connectivity index is 2.74. The fourth-order valence-electron chi connectivity index (χ4n) is 1.37. The average molecular weight is 282 g/mol. The summed E-state index contributed by atoms with van der Waals surface area (Å²) in [4.78, 5) is 23.7. The highest BCUT2D eigenvalue weighted by Crippen LogP contribution is 2.10. The summed E-state index contributed by atoms with van der Waals surface area (Å²) in [5.74, 6) is 0.0846. The van der Waals surface area contributed by atoms with Gasteiger partial charge in [0.15, 0.2) is 0 Å². The molecule has 0 spiro atoms. The molecule has 8 heteroatoms. The number of nitrogens with one attached hydrogen (secondary N) is 2. The molecule has 0 saturated carbocycles. The number of hydrogen-bond acceptors (Lipinski definition) is 7. The number of nitrogens with two attached hydrogens (primary N) is 1. The highest BCUT2D eigenvalue weighted by Gasteiger charge is 2.20. The van der Waals surface area contributed by atoms with E-state index in [1.54, 1.807) is 6.92 Å². The van der Waals surface area contributed by atoms with E-state index in [2.05, 4.69) is 25.6 Å². The van der Waals surface area contributed by atoms with Crippen molar-refractivity contribution in [3.63, 3.8) is 0 Å². The highest BCUT2D eigenvalue weighted by molar-refractivity contribution is 5.84. The van der Waals surface area contributed by atoms with Crippen molar-refractivity contribution in [2.24, 2.45) is 0 Å². The first-order valence-electron chi connectivity index (χ1n) is 6.44. The molecule has 4 N–H and O–H groups in total. The van der Waals surface area contributed by atoms with Gasteiger partial charge in [-0.25, -0.2) is 0 Å². The minimum Gasteiger partial charge on any atom is -0.464 e. The minimum absolute atomic E-state index is 0.0365. The Bertz CT molecular complexity index is 472. The van der Waals surface area contributed by atoms with Gasteiger partial charge in [-0.1, -0.05) is 0 Å². The second kappa shape index (κ2) is 6.36. The smallest absolute Gasteiger partial charge is 0.323 e. The number of carbonyl (C=O) groups is 1.